The zero-order valence-corrected chi connectivity index (χ0v) is 11.2. The first-order chi connectivity index (χ1) is 9.04. The highest BCUT2D eigenvalue weighted by molar-refractivity contribution is 5.53. The molecule has 0 saturated carbocycles. The molecular formula is C13H17FN4O. The first-order valence-corrected chi connectivity index (χ1v) is 6.13. The molecule has 1 heterocycles. The quantitative estimate of drug-likeness (QED) is 0.869. The molecule has 0 aliphatic heterocycles. The summed E-state index contributed by atoms with van der Waals surface area (Å²) >= 11 is 0. The summed E-state index contributed by atoms with van der Waals surface area (Å²) in [6.07, 6.45) is 0. The van der Waals surface area contributed by atoms with Gasteiger partial charge < -0.3 is 15.1 Å². The van der Waals surface area contributed by atoms with Crippen molar-refractivity contribution in [2.45, 2.75) is 33.4 Å². The zero-order chi connectivity index (χ0) is 13.8. The van der Waals surface area contributed by atoms with Crippen molar-refractivity contribution in [1.82, 2.24) is 15.5 Å². The molecule has 6 heteroatoms. The number of hydrogen-bond acceptors (Lipinski definition) is 5. The van der Waals surface area contributed by atoms with E-state index in [-0.39, 0.29) is 11.8 Å². The molecule has 2 rings (SSSR count). The maximum absolute atomic E-state index is 13.6. The lowest BCUT2D eigenvalue weighted by molar-refractivity contribution is 0.460. The minimum Gasteiger partial charge on any atom is -0.406 e. The molecule has 0 amide bonds. The van der Waals surface area contributed by atoms with Gasteiger partial charge >= 0.3 is 6.01 Å². The van der Waals surface area contributed by atoms with Gasteiger partial charge in [-0.3, -0.25) is 0 Å². The van der Waals surface area contributed by atoms with Crippen LogP contribution in [0.4, 0.5) is 16.1 Å². The summed E-state index contributed by atoms with van der Waals surface area (Å²) in [5.74, 6) is 0.115. The Kier molecular flexibility index (Phi) is 4.11. The number of benzene rings is 1. The summed E-state index contributed by atoms with van der Waals surface area (Å²) in [5.41, 5.74) is 1.17. The van der Waals surface area contributed by atoms with E-state index in [0.29, 0.717) is 24.2 Å². The fourth-order valence-electron chi connectivity index (χ4n) is 1.50. The molecule has 0 radical (unpaired) electrons. The van der Waals surface area contributed by atoms with E-state index in [0.717, 1.165) is 5.56 Å². The third-order valence-electron chi connectivity index (χ3n) is 2.49. The first kappa shape index (κ1) is 13.5. The molecule has 1 aromatic heterocycles. The van der Waals surface area contributed by atoms with E-state index in [1.807, 2.05) is 26.8 Å². The van der Waals surface area contributed by atoms with Gasteiger partial charge in [-0.1, -0.05) is 25.0 Å². The van der Waals surface area contributed by atoms with E-state index in [4.69, 9.17) is 4.42 Å². The third kappa shape index (κ3) is 3.75. The van der Waals surface area contributed by atoms with E-state index in [2.05, 4.69) is 20.8 Å². The molecule has 1 aromatic carbocycles. The summed E-state index contributed by atoms with van der Waals surface area (Å²) in [5, 5.41) is 13.6. The number of halogens is 1. The van der Waals surface area contributed by atoms with Crippen molar-refractivity contribution >= 4 is 11.7 Å². The van der Waals surface area contributed by atoms with Crippen molar-refractivity contribution < 1.29 is 8.81 Å². The Hall–Kier alpha value is -1.95. The molecule has 102 valence electrons. The van der Waals surface area contributed by atoms with Crippen LogP contribution in [0.1, 0.15) is 25.3 Å². The van der Waals surface area contributed by atoms with Crippen LogP contribution in [0, 0.1) is 12.7 Å². The number of nitrogens with zero attached hydrogens (tertiary/aromatic N) is 2. The van der Waals surface area contributed by atoms with Crippen LogP contribution >= 0.6 is 0 Å². The van der Waals surface area contributed by atoms with E-state index in [9.17, 15) is 4.39 Å². The fraction of sp³-hybridized carbons (Fsp3) is 0.385. The first-order valence-electron chi connectivity index (χ1n) is 6.13. The Bertz CT molecular complexity index is 553. The Morgan fingerprint density at radius 3 is 2.79 bits per heavy atom. The topological polar surface area (TPSA) is 63.0 Å². The maximum Gasteiger partial charge on any atom is 0.320 e. The second-order valence-corrected chi connectivity index (χ2v) is 4.64. The third-order valence-corrected chi connectivity index (χ3v) is 2.49. The molecule has 0 spiro atoms. The van der Waals surface area contributed by atoms with Gasteiger partial charge in [0.1, 0.15) is 5.82 Å². The van der Waals surface area contributed by atoms with E-state index in [1.165, 1.54) is 6.07 Å². The normalized spacial score (nSPS) is 11.0. The van der Waals surface area contributed by atoms with Crippen molar-refractivity contribution in [3.63, 3.8) is 0 Å². The van der Waals surface area contributed by atoms with Crippen LogP contribution in [0.3, 0.4) is 0 Å². The number of hydrogen-bond donors (Lipinski definition) is 2. The Balaban J connectivity index is 2.03. The Labute approximate surface area is 111 Å². The zero-order valence-electron chi connectivity index (χ0n) is 11.2. The van der Waals surface area contributed by atoms with E-state index < -0.39 is 0 Å². The Morgan fingerprint density at radius 1 is 1.32 bits per heavy atom. The van der Waals surface area contributed by atoms with Gasteiger partial charge in [0.05, 0.1) is 12.2 Å². The Morgan fingerprint density at radius 2 is 2.11 bits per heavy atom. The van der Waals surface area contributed by atoms with Gasteiger partial charge in [0.15, 0.2) is 0 Å². The number of aromatic nitrogens is 2. The van der Waals surface area contributed by atoms with Gasteiger partial charge in [-0.15, -0.1) is 5.10 Å². The van der Waals surface area contributed by atoms with Crippen LogP contribution in [0.2, 0.25) is 0 Å². The molecule has 5 nitrogen and oxygen atoms in total. The predicted molar refractivity (Wildman–Crippen MR) is 70.7 cm³/mol. The lowest BCUT2D eigenvalue weighted by atomic mass is 10.2. The molecular weight excluding hydrogens is 247 g/mol. The number of aryl methyl sites for hydroxylation is 1. The number of rotatable bonds is 5. The molecule has 0 aliphatic carbocycles. The second-order valence-electron chi connectivity index (χ2n) is 4.64. The number of nitrogens with one attached hydrogen (secondary N) is 2. The minimum absolute atomic E-state index is 0.184. The summed E-state index contributed by atoms with van der Waals surface area (Å²) < 4.78 is 19.0. The fourth-order valence-corrected chi connectivity index (χ4v) is 1.50. The molecule has 2 aromatic rings. The highest BCUT2D eigenvalue weighted by Gasteiger charge is 2.09. The van der Waals surface area contributed by atoms with E-state index >= 15 is 0 Å². The molecule has 0 unspecified atom stereocenters. The van der Waals surface area contributed by atoms with Gasteiger partial charge in [0.2, 0.25) is 5.89 Å². The summed E-state index contributed by atoms with van der Waals surface area (Å²) in [4.78, 5) is 0. The summed E-state index contributed by atoms with van der Waals surface area (Å²) in [6.45, 7) is 6.37. The molecule has 0 atom stereocenters. The van der Waals surface area contributed by atoms with Gasteiger partial charge in [-0.05, 0) is 24.6 Å². The minimum atomic E-state index is -0.347. The van der Waals surface area contributed by atoms with Crippen molar-refractivity contribution in [3.05, 3.63) is 35.5 Å². The van der Waals surface area contributed by atoms with Crippen LogP contribution in [0.25, 0.3) is 0 Å². The molecule has 0 saturated heterocycles. The average molecular weight is 264 g/mol. The highest BCUT2D eigenvalue weighted by atomic mass is 19.1. The van der Waals surface area contributed by atoms with Crippen LogP contribution in [-0.4, -0.2) is 16.2 Å². The lowest BCUT2D eigenvalue weighted by Crippen LogP contribution is -2.21. The highest BCUT2D eigenvalue weighted by Crippen LogP contribution is 2.19. The van der Waals surface area contributed by atoms with Gasteiger partial charge in [-0.2, -0.15) is 0 Å². The molecule has 0 fully saturated rings. The smallest absolute Gasteiger partial charge is 0.320 e. The van der Waals surface area contributed by atoms with Crippen LogP contribution in [0.5, 0.6) is 0 Å². The van der Waals surface area contributed by atoms with Gasteiger partial charge in [0.25, 0.3) is 0 Å². The van der Waals surface area contributed by atoms with Crippen LogP contribution in [0.15, 0.2) is 22.6 Å². The monoisotopic (exact) mass is 264 g/mol. The van der Waals surface area contributed by atoms with Crippen molar-refractivity contribution in [1.29, 1.82) is 0 Å². The molecule has 0 aliphatic rings. The largest absolute Gasteiger partial charge is 0.406 e. The van der Waals surface area contributed by atoms with Crippen LogP contribution in [-0.2, 0) is 6.54 Å². The van der Waals surface area contributed by atoms with Crippen molar-refractivity contribution in [2.24, 2.45) is 0 Å². The second kappa shape index (κ2) is 5.79. The number of anilines is 2. The average Bonchev–Trinajstić information content (AvgIpc) is 2.78. The van der Waals surface area contributed by atoms with Crippen molar-refractivity contribution in [2.75, 3.05) is 5.32 Å². The predicted octanol–water partition coefficient (Wildman–Crippen LogP) is 2.76. The summed E-state index contributed by atoms with van der Waals surface area (Å²) in [7, 11) is 0. The molecule has 2 N–H and O–H groups in total. The van der Waals surface area contributed by atoms with Gasteiger partial charge in [0, 0.05) is 6.04 Å². The SMILES string of the molecule is Cc1ccc(Nc2nnc(CNC(C)C)o2)c(F)c1. The summed E-state index contributed by atoms with van der Waals surface area (Å²) in [6, 6.07) is 5.41. The van der Waals surface area contributed by atoms with Crippen molar-refractivity contribution in [3.8, 4) is 0 Å². The maximum atomic E-state index is 13.6. The van der Waals surface area contributed by atoms with Crippen LogP contribution < -0.4 is 10.6 Å². The van der Waals surface area contributed by atoms with E-state index in [1.54, 1.807) is 6.07 Å². The van der Waals surface area contributed by atoms with Gasteiger partial charge in [-0.25, -0.2) is 4.39 Å². The standard InChI is InChI=1S/C13H17FN4O/c1-8(2)15-7-12-17-18-13(19-12)16-11-5-4-9(3)6-10(11)14/h4-6,8,15H,7H2,1-3H3,(H,16,18). The molecule has 19 heavy (non-hydrogen) atoms. The lowest BCUT2D eigenvalue weighted by Gasteiger charge is -2.04. The molecule has 0 bridgehead atoms.